The molecule has 2 aliphatic rings. The molecule has 15 nitrogen and oxygen atoms in total. The first-order valence-electron chi connectivity index (χ1n) is 12.2. The molecule has 2 atom stereocenters. The summed E-state index contributed by atoms with van der Waals surface area (Å²) < 4.78 is 59.4. The minimum absolute atomic E-state index is 0.0267. The Morgan fingerprint density at radius 2 is 1.27 bits per heavy atom. The fourth-order valence-electron chi connectivity index (χ4n) is 4.79. The van der Waals surface area contributed by atoms with Crippen LogP contribution in [0, 0.1) is 11.8 Å². The summed E-state index contributed by atoms with van der Waals surface area (Å²) in [6.07, 6.45) is 0.906. The molecule has 2 aromatic carbocycles. The summed E-state index contributed by atoms with van der Waals surface area (Å²) in [4.78, 5) is 45.8. The molecule has 2 aromatic rings. The van der Waals surface area contributed by atoms with Crippen LogP contribution in [0.5, 0.6) is 0 Å². The van der Waals surface area contributed by atoms with Gasteiger partial charge in [0.1, 0.15) is 11.4 Å². The Bertz CT molecular complexity index is 1540. The van der Waals surface area contributed by atoms with Crippen LogP contribution in [0.2, 0.25) is 0 Å². The van der Waals surface area contributed by atoms with Crippen LogP contribution in [-0.4, -0.2) is 70.4 Å². The number of fused-ring (bicyclic) bond motifs is 2. The van der Waals surface area contributed by atoms with Crippen molar-refractivity contribution in [3.8, 4) is 0 Å². The summed E-state index contributed by atoms with van der Waals surface area (Å²) in [6.45, 7) is 2.93. The van der Waals surface area contributed by atoms with E-state index >= 15 is 0 Å². The van der Waals surface area contributed by atoms with Crippen molar-refractivity contribution in [1.82, 2.24) is 4.31 Å². The average molecular weight is 634 g/mol. The van der Waals surface area contributed by atoms with Crippen LogP contribution in [-0.2, 0) is 37.9 Å². The number of benzene rings is 2. The minimum atomic E-state index is -4.84. The number of piperidine rings is 1. The zero-order valence-electron chi connectivity index (χ0n) is 21.9. The van der Waals surface area contributed by atoms with Crippen LogP contribution >= 0.6 is 15.6 Å². The predicted octanol–water partition coefficient (Wildman–Crippen LogP) is 2.34. The summed E-state index contributed by atoms with van der Waals surface area (Å²) in [6, 6.07) is 10.9. The SMILES string of the molecule is CC1CC(C)CN(S(=O)(=O)c2ccc3c(c2)/C(=N/OCOP(=O)(O)O)c2ccccc2/C3=N/OCOP(=O)(O)O)C1. The number of nitrogens with zero attached hydrogens (tertiary/aromatic N) is 3. The predicted molar refractivity (Wildman–Crippen MR) is 144 cm³/mol. The van der Waals surface area contributed by atoms with Gasteiger partial charge in [0.05, 0.1) is 4.90 Å². The molecule has 0 radical (unpaired) electrons. The number of sulfonamides is 1. The maximum atomic E-state index is 13.7. The van der Waals surface area contributed by atoms with Crippen LogP contribution in [0.1, 0.15) is 42.5 Å². The molecule has 1 heterocycles. The lowest BCUT2D eigenvalue weighted by Gasteiger charge is -2.34. The standard InChI is InChI=1S/C23H29N3O12P2S/c1-15-9-16(2)12-26(11-15)41(33,34)17-7-8-20-21(10-17)23(25-36-14-38-40(30,31)32)19-6-4-3-5-18(19)22(20)24-35-13-37-39(27,28)29/h3-8,10,15-16H,9,11-14H2,1-2H3,(H2,27,28,29)(H2,30,31,32)/b24-22-,25-23+. The van der Waals surface area contributed by atoms with Crippen LogP contribution in [0.3, 0.4) is 0 Å². The van der Waals surface area contributed by atoms with Crippen molar-refractivity contribution in [1.29, 1.82) is 0 Å². The molecule has 1 fully saturated rings. The molecule has 4 rings (SSSR count). The zero-order chi connectivity index (χ0) is 30.0. The molecular formula is C23H29N3O12P2S. The van der Waals surface area contributed by atoms with Gasteiger partial charge in [0.25, 0.3) is 0 Å². The number of rotatable bonds is 10. The zero-order valence-corrected chi connectivity index (χ0v) is 24.5. The summed E-state index contributed by atoms with van der Waals surface area (Å²) in [5, 5.41) is 8.01. The lowest BCUT2D eigenvalue weighted by atomic mass is 9.83. The fourth-order valence-corrected chi connectivity index (χ4v) is 6.86. The molecule has 1 saturated heterocycles. The molecule has 41 heavy (non-hydrogen) atoms. The summed E-state index contributed by atoms with van der Waals surface area (Å²) in [7, 11) is -13.6. The first-order valence-corrected chi connectivity index (χ1v) is 16.7. The van der Waals surface area contributed by atoms with E-state index in [4.69, 9.17) is 29.2 Å². The maximum absolute atomic E-state index is 13.7. The molecule has 2 unspecified atom stereocenters. The van der Waals surface area contributed by atoms with Gasteiger partial charge in [-0.25, -0.2) is 26.6 Å². The van der Waals surface area contributed by atoms with Crippen LogP contribution in [0.25, 0.3) is 0 Å². The van der Waals surface area contributed by atoms with Gasteiger partial charge in [-0.05, 0) is 30.4 Å². The minimum Gasteiger partial charge on any atom is -0.366 e. The Morgan fingerprint density at radius 1 is 0.805 bits per heavy atom. The third-order valence-electron chi connectivity index (χ3n) is 6.27. The molecule has 224 valence electrons. The van der Waals surface area contributed by atoms with E-state index < -0.39 is 39.3 Å². The van der Waals surface area contributed by atoms with Crippen molar-refractivity contribution in [2.45, 2.75) is 25.2 Å². The van der Waals surface area contributed by atoms with Gasteiger partial charge in [-0.2, -0.15) is 4.31 Å². The van der Waals surface area contributed by atoms with Crippen molar-refractivity contribution in [2.24, 2.45) is 22.1 Å². The van der Waals surface area contributed by atoms with E-state index in [0.717, 1.165) is 6.42 Å². The topological polar surface area (TPSA) is 214 Å². The summed E-state index contributed by atoms with van der Waals surface area (Å²) in [5.74, 6) is 0.340. The van der Waals surface area contributed by atoms with E-state index in [-0.39, 0.29) is 33.7 Å². The third kappa shape index (κ3) is 7.87. The van der Waals surface area contributed by atoms with Crippen molar-refractivity contribution in [3.05, 3.63) is 64.7 Å². The summed E-state index contributed by atoms with van der Waals surface area (Å²) in [5.41, 5.74) is 1.69. The maximum Gasteiger partial charge on any atom is 0.472 e. The number of hydrogen-bond donors (Lipinski definition) is 4. The molecule has 0 aromatic heterocycles. The molecule has 4 N–H and O–H groups in total. The normalized spacial score (nSPS) is 21.9. The highest BCUT2D eigenvalue weighted by Gasteiger charge is 2.34. The highest BCUT2D eigenvalue weighted by atomic mass is 32.2. The Balaban J connectivity index is 1.79. The highest BCUT2D eigenvalue weighted by molar-refractivity contribution is 7.89. The van der Waals surface area contributed by atoms with Crippen molar-refractivity contribution in [3.63, 3.8) is 0 Å². The van der Waals surface area contributed by atoms with E-state index in [1.54, 1.807) is 24.3 Å². The molecule has 1 aliphatic heterocycles. The molecular weight excluding hydrogens is 604 g/mol. The quantitative estimate of drug-likeness (QED) is 0.110. The van der Waals surface area contributed by atoms with Crippen molar-refractivity contribution < 1.29 is 55.8 Å². The third-order valence-corrected chi connectivity index (χ3v) is 8.98. The molecule has 0 saturated carbocycles. The van der Waals surface area contributed by atoms with Gasteiger partial charge in [0.15, 0.2) is 0 Å². The first kappa shape index (κ1) is 31.4. The van der Waals surface area contributed by atoms with E-state index in [9.17, 15) is 17.5 Å². The van der Waals surface area contributed by atoms with E-state index in [2.05, 4.69) is 19.4 Å². The highest BCUT2D eigenvalue weighted by Crippen LogP contribution is 2.37. The Labute approximate surface area is 235 Å². The Hall–Kier alpha value is -2.49. The van der Waals surface area contributed by atoms with Gasteiger partial charge in [-0.1, -0.05) is 54.5 Å². The average Bonchev–Trinajstić information content (AvgIpc) is 2.87. The van der Waals surface area contributed by atoms with Crippen molar-refractivity contribution >= 4 is 37.1 Å². The van der Waals surface area contributed by atoms with Gasteiger partial charge in [0.2, 0.25) is 23.6 Å². The lowest BCUT2D eigenvalue weighted by molar-refractivity contribution is 0.000326. The van der Waals surface area contributed by atoms with Crippen molar-refractivity contribution in [2.75, 3.05) is 26.7 Å². The van der Waals surface area contributed by atoms with Crippen LogP contribution in [0.15, 0.2) is 57.7 Å². The second-order valence-corrected chi connectivity index (χ2v) is 14.1. The smallest absolute Gasteiger partial charge is 0.366 e. The van der Waals surface area contributed by atoms with Gasteiger partial charge in [-0.15, -0.1) is 0 Å². The van der Waals surface area contributed by atoms with E-state index in [1.165, 1.54) is 22.5 Å². The van der Waals surface area contributed by atoms with Crippen LogP contribution < -0.4 is 0 Å². The van der Waals surface area contributed by atoms with Gasteiger partial charge >= 0.3 is 15.6 Å². The van der Waals surface area contributed by atoms with Crippen LogP contribution in [0.4, 0.5) is 0 Å². The Morgan fingerprint density at radius 3 is 1.76 bits per heavy atom. The number of phosphoric acid groups is 2. The van der Waals surface area contributed by atoms with Gasteiger partial charge in [0, 0.05) is 35.3 Å². The number of oxime groups is 2. The molecule has 18 heteroatoms. The van der Waals surface area contributed by atoms with Gasteiger partial charge < -0.3 is 29.2 Å². The monoisotopic (exact) mass is 633 g/mol. The second-order valence-electron chi connectivity index (χ2n) is 9.63. The fraction of sp³-hybridized carbons (Fsp3) is 0.391. The molecule has 1 aliphatic carbocycles. The lowest BCUT2D eigenvalue weighted by Crippen LogP contribution is -2.42. The number of phosphoric ester groups is 2. The second kappa shape index (κ2) is 12.4. The number of hydrogen-bond acceptors (Lipinski definition) is 10. The molecule has 0 bridgehead atoms. The van der Waals surface area contributed by atoms with E-state index in [1.807, 2.05) is 13.8 Å². The Kier molecular flexibility index (Phi) is 9.51. The van der Waals surface area contributed by atoms with E-state index in [0.29, 0.717) is 29.8 Å². The molecule has 0 amide bonds. The largest absolute Gasteiger partial charge is 0.472 e. The van der Waals surface area contributed by atoms with Gasteiger partial charge in [-0.3, -0.25) is 0 Å². The molecule has 0 spiro atoms. The first-order chi connectivity index (χ1) is 19.2. The summed E-state index contributed by atoms with van der Waals surface area (Å²) >= 11 is 0.